The molecule has 1 rings (SSSR count). The predicted molar refractivity (Wildman–Crippen MR) is 69.4 cm³/mol. The van der Waals surface area contributed by atoms with Crippen LogP contribution in [0.25, 0.3) is 0 Å². The minimum absolute atomic E-state index is 0.0514. The smallest absolute Gasteiger partial charge is 0.244 e. The van der Waals surface area contributed by atoms with E-state index in [0.29, 0.717) is 0 Å². The summed E-state index contributed by atoms with van der Waals surface area (Å²) in [4.78, 5) is 12.0. The van der Waals surface area contributed by atoms with Crippen LogP contribution < -0.4 is 15.4 Å². The summed E-state index contributed by atoms with van der Waals surface area (Å²) < 4.78 is 5.05. The molecule has 2 N–H and O–H groups in total. The molecular weight excluding hydrogens is 216 g/mol. The van der Waals surface area contributed by atoms with E-state index in [-0.39, 0.29) is 5.91 Å². The van der Waals surface area contributed by atoms with Gasteiger partial charge in [-0.2, -0.15) is 0 Å². The highest BCUT2D eigenvalue weighted by atomic mass is 16.5. The van der Waals surface area contributed by atoms with Crippen molar-refractivity contribution in [3.05, 3.63) is 24.3 Å². The number of carbonyl (C=O) groups excluding carboxylic acids is 1. The number of methoxy groups -OCH3 is 1. The number of anilines is 1. The second kappa shape index (κ2) is 5.68. The van der Waals surface area contributed by atoms with Crippen LogP contribution in [0.3, 0.4) is 0 Å². The lowest BCUT2D eigenvalue weighted by molar-refractivity contribution is -0.121. The van der Waals surface area contributed by atoms with Crippen LogP contribution in [0.15, 0.2) is 24.3 Å². The van der Waals surface area contributed by atoms with Crippen molar-refractivity contribution in [3.8, 4) is 5.75 Å². The third kappa shape index (κ3) is 3.75. The van der Waals surface area contributed by atoms with Crippen molar-refractivity contribution in [3.63, 3.8) is 0 Å². The Morgan fingerprint density at radius 2 is 1.88 bits per heavy atom. The first-order valence-corrected chi connectivity index (χ1v) is 5.70. The fraction of sp³-hybridized carbons (Fsp3) is 0.462. The topological polar surface area (TPSA) is 50.4 Å². The summed E-state index contributed by atoms with van der Waals surface area (Å²) in [5, 5.41) is 5.99. The van der Waals surface area contributed by atoms with Crippen molar-refractivity contribution in [1.82, 2.24) is 5.32 Å². The average molecular weight is 236 g/mol. The van der Waals surface area contributed by atoms with Crippen LogP contribution in [0.4, 0.5) is 5.69 Å². The van der Waals surface area contributed by atoms with E-state index in [9.17, 15) is 4.79 Å². The molecular formula is C13H20N2O2. The van der Waals surface area contributed by atoms with E-state index in [1.165, 1.54) is 0 Å². The fourth-order valence-electron chi connectivity index (χ4n) is 1.48. The lowest BCUT2D eigenvalue weighted by Crippen LogP contribution is -2.49. The quantitative estimate of drug-likeness (QED) is 0.822. The summed E-state index contributed by atoms with van der Waals surface area (Å²) in [5.41, 5.74) is 0.191. The normalized spacial score (nSPS) is 11.1. The summed E-state index contributed by atoms with van der Waals surface area (Å²) in [6.07, 6.45) is 0. The molecule has 0 heterocycles. The molecule has 0 aliphatic rings. The largest absolute Gasteiger partial charge is 0.497 e. The van der Waals surface area contributed by atoms with E-state index in [0.717, 1.165) is 18.0 Å². The first-order valence-electron chi connectivity index (χ1n) is 5.70. The van der Waals surface area contributed by atoms with Crippen LogP contribution in [-0.4, -0.2) is 25.1 Å². The molecule has 0 aliphatic heterocycles. The van der Waals surface area contributed by atoms with E-state index in [1.807, 2.05) is 45.0 Å². The molecule has 1 amide bonds. The van der Waals surface area contributed by atoms with Crippen LogP contribution in [0.5, 0.6) is 5.75 Å². The van der Waals surface area contributed by atoms with Crippen molar-refractivity contribution in [2.24, 2.45) is 0 Å². The van der Waals surface area contributed by atoms with Crippen molar-refractivity contribution in [1.29, 1.82) is 0 Å². The van der Waals surface area contributed by atoms with Gasteiger partial charge in [-0.15, -0.1) is 0 Å². The molecule has 0 bridgehead atoms. The zero-order valence-corrected chi connectivity index (χ0v) is 10.8. The molecule has 0 spiro atoms. The lowest BCUT2D eigenvalue weighted by atomic mass is 10.0. The molecule has 0 radical (unpaired) electrons. The van der Waals surface area contributed by atoms with E-state index in [2.05, 4.69) is 10.6 Å². The zero-order valence-electron chi connectivity index (χ0n) is 10.8. The molecule has 94 valence electrons. The summed E-state index contributed by atoms with van der Waals surface area (Å²) in [5.74, 6) is 0.721. The number of rotatable bonds is 5. The molecule has 0 aliphatic carbocycles. The first kappa shape index (κ1) is 13.5. The zero-order chi connectivity index (χ0) is 12.9. The van der Waals surface area contributed by atoms with Crippen LogP contribution in [0.2, 0.25) is 0 Å². The third-order valence-electron chi connectivity index (χ3n) is 2.53. The molecule has 0 saturated carbocycles. The Kier molecular flexibility index (Phi) is 4.52. The maximum atomic E-state index is 12.0. The van der Waals surface area contributed by atoms with Gasteiger partial charge >= 0.3 is 0 Å². The Labute approximate surface area is 102 Å². The van der Waals surface area contributed by atoms with Crippen molar-refractivity contribution in [2.45, 2.75) is 26.3 Å². The Morgan fingerprint density at radius 3 is 2.35 bits per heavy atom. The molecule has 0 saturated heterocycles. The van der Waals surface area contributed by atoms with Gasteiger partial charge in [0, 0.05) is 5.69 Å². The minimum atomic E-state index is -0.575. The summed E-state index contributed by atoms with van der Waals surface area (Å²) in [7, 11) is 1.61. The van der Waals surface area contributed by atoms with Crippen molar-refractivity contribution < 1.29 is 9.53 Å². The van der Waals surface area contributed by atoms with Gasteiger partial charge in [-0.25, -0.2) is 0 Å². The van der Waals surface area contributed by atoms with Gasteiger partial charge in [0.25, 0.3) is 0 Å². The van der Waals surface area contributed by atoms with Crippen molar-refractivity contribution >= 4 is 11.6 Å². The highest BCUT2D eigenvalue weighted by Crippen LogP contribution is 2.16. The highest BCUT2D eigenvalue weighted by molar-refractivity contribution is 5.97. The molecule has 0 aromatic heterocycles. The molecule has 1 aromatic rings. The second-order valence-corrected chi connectivity index (χ2v) is 4.34. The Hall–Kier alpha value is -1.55. The van der Waals surface area contributed by atoms with E-state index in [4.69, 9.17) is 4.74 Å². The molecule has 4 heteroatoms. The molecule has 17 heavy (non-hydrogen) atoms. The fourth-order valence-corrected chi connectivity index (χ4v) is 1.48. The van der Waals surface area contributed by atoms with Crippen LogP contribution in [0.1, 0.15) is 20.8 Å². The maximum absolute atomic E-state index is 12.0. The van der Waals surface area contributed by atoms with Crippen LogP contribution in [0, 0.1) is 0 Å². The predicted octanol–water partition coefficient (Wildman–Crippen LogP) is 2.02. The van der Waals surface area contributed by atoms with Crippen molar-refractivity contribution in [2.75, 3.05) is 19.0 Å². The third-order valence-corrected chi connectivity index (χ3v) is 2.53. The molecule has 4 nitrogen and oxygen atoms in total. The average Bonchev–Trinajstić information content (AvgIpc) is 2.30. The lowest BCUT2D eigenvalue weighted by Gasteiger charge is -2.24. The summed E-state index contributed by atoms with van der Waals surface area (Å²) >= 11 is 0. The van der Waals surface area contributed by atoms with E-state index >= 15 is 0 Å². The Morgan fingerprint density at radius 1 is 1.29 bits per heavy atom. The van der Waals surface area contributed by atoms with Crippen LogP contribution >= 0.6 is 0 Å². The van der Waals surface area contributed by atoms with E-state index < -0.39 is 5.54 Å². The monoisotopic (exact) mass is 236 g/mol. The van der Waals surface area contributed by atoms with Gasteiger partial charge in [0.1, 0.15) is 5.75 Å². The summed E-state index contributed by atoms with van der Waals surface area (Å²) in [6.45, 7) is 6.44. The number of hydrogen-bond acceptors (Lipinski definition) is 3. The Bertz CT molecular complexity index is 372. The number of nitrogens with one attached hydrogen (secondary N) is 2. The molecule has 1 aromatic carbocycles. The highest BCUT2D eigenvalue weighted by Gasteiger charge is 2.25. The van der Waals surface area contributed by atoms with Gasteiger partial charge < -0.3 is 15.4 Å². The number of likely N-dealkylation sites (N-methyl/N-ethyl adjacent to an activating group) is 1. The minimum Gasteiger partial charge on any atom is -0.497 e. The second-order valence-electron chi connectivity index (χ2n) is 4.34. The van der Waals surface area contributed by atoms with Crippen LogP contribution in [-0.2, 0) is 4.79 Å². The van der Waals surface area contributed by atoms with Gasteiger partial charge in [-0.1, -0.05) is 6.92 Å². The van der Waals surface area contributed by atoms with Gasteiger partial charge in [0.05, 0.1) is 12.6 Å². The van der Waals surface area contributed by atoms with Gasteiger partial charge in [-0.05, 0) is 44.7 Å². The Balaban J connectivity index is 2.67. The van der Waals surface area contributed by atoms with Gasteiger partial charge in [0.15, 0.2) is 0 Å². The van der Waals surface area contributed by atoms with E-state index in [1.54, 1.807) is 7.11 Å². The first-order chi connectivity index (χ1) is 7.99. The molecule has 0 fully saturated rings. The van der Waals surface area contributed by atoms with Gasteiger partial charge in [-0.3, -0.25) is 4.79 Å². The molecule has 0 atom stereocenters. The number of amides is 1. The molecule has 0 unspecified atom stereocenters. The maximum Gasteiger partial charge on any atom is 0.244 e. The SMILES string of the molecule is CCNC(C)(C)C(=O)Nc1ccc(OC)cc1. The van der Waals surface area contributed by atoms with Gasteiger partial charge in [0.2, 0.25) is 5.91 Å². The summed E-state index contributed by atoms with van der Waals surface area (Å²) in [6, 6.07) is 7.27. The number of ether oxygens (including phenoxy) is 1. The number of hydrogen-bond donors (Lipinski definition) is 2. The number of benzene rings is 1. The standard InChI is InChI=1S/C13H20N2O2/c1-5-14-13(2,3)12(16)15-10-6-8-11(17-4)9-7-10/h6-9,14H,5H2,1-4H3,(H,15,16). The number of carbonyl (C=O) groups is 1.